The summed E-state index contributed by atoms with van der Waals surface area (Å²) in [5.41, 5.74) is 0.304. The maximum atomic E-state index is 12.4. The highest BCUT2D eigenvalue weighted by atomic mass is 35.5. The molecule has 0 aliphatic carbocycles. The minimum atomic E-state index is -0.165. The van der Waals surface area contributed by atoms with E-state index in [1.165, 1.54) is 12.5 Å². The standard InChI is InChI=1S/C15H21ClN2O2/c1-3-18-8-4-5-12(18)10-17(2)15(20)13-7-6-11(16)9-14(13)19/h6-7,9,12,19H,3-5,8,10H2,1-2H3. The Bertz CT molecular complexity index is 493. The molecule has 4 nitrogen and oxygen atoms in total. The first kappa shape index (κ1) is 15.1. The fraction of sp³-hybridized carbons (Fsp3) is 0.533. The first-order valence-corrected chi connectivity index (χ1v) is 7.38. The van der Waals surface area contributed by atoms with Crippen molar-refractivity contribution in [3.05, 3.63) is 28.8 Å². The third-order valence-electron chi connectivity index (χ3n) is 3.93. The van der Waals surface area contributed by atoms with Gasteiger partial charge in [-0.05, 0) is 44.1 Å². The molecule has 1 heterocycles. The van der Waals surface area contributed by atoms with E-state index in [1.54, 1.807) is 24.1 Å². The van der Waals surface area contributed by atoms with Crippen LogP contribution in [-0.4, -0.2) is 53.5 Å². The van der Waals surface area contributed by atoms with Crippen LogP contribution in [-0.2, 0) is 0 Å². The van der Waals surface area contributed by atoms with Crippen molar-refractivity contribution in [2.24, 2.45) is 0 Å². The number of hydrogen-bond donors (Lipinski definition) is 1. The van der Waals surface area contributed by atoms with Crippen LogP contribution in [0, 0.1) is 0 Å². The summed E-state index contributed by atoms with van der Waals surface area (Å²) in [5, 5.41) is 10.3. The molecule has 1 amide bonds. The van der Waals surface area contributed by atoms with Crippen LogP contribution in [0.1, 0.15) is 30.1 Å². The van der Waals surface area contributed by atoms with Crippen LogP contribution in [0.15, 0.2) is 18.2 Å². The number of rotatable bonds is 4. The summed E-state index contributed by atoms with van der Waals surface area (Å²) < 4.78 is 0. The number of phenolic OH excluding ortho intramolecular Hbond substituents is 1. The van der Waals surface area contributed by atoms with Crippen molar-refractivity contribution in [3.8, 4) is 5.75 Å². The quantitative estimate of drug-likeness (QED) is 0.929. The largest absolute Gasteiger partial charge is 0.507 e. The number of nitrogens with zero attached hydrogens (tertiary/aromatic N) is 2. The normalized spacial score (nSPS) is 19.2. The topological polar surface area (TPSA) is 43.8 Å². The molecule has 5 heteroatoms. The molecule has 1 saturated heterocycles. The second kappa shape index (κ2) is 6.46. The average Bonchev–Trinajstić information content (AvgIpc) is 2.85. The highest BCUT2D eigenvalue weighted by molar-refractivity contribution is 6.30. The molecule has 1 fully saturated rings. The maximum absolute atomic E-state index is 12.4. The Morgan fingerprint density at radius 2 is 2.30 bits per heavy atom. The van der Waals surface area contributed by atoms with E-state index in [9.17, 15) is 9.90 Å². The first-order valence-electron chi connectivity index (χ1n) is 7.01. The molecule has 110 valence electrons. The molecule has 20 heavy (non-hydrogen) atoms. The minimum Gasteiger partial charge on any atom is -0.507 e. The lowest BCUT2D eigenvalue weighted by Crippen LogP contribution is -2.41. The number of aromatic hydroxyl groups is 1. The number of amides is 1. The smallest absolute Gasteiger partial charge is 0.257 e. The maximum Gasteiger partial charge on any atom is 0.257 e. The van der Waals surface area contributed by atoms with Crippen molar-refractivity contribution in [1.82, 2.24) is 9.80 Å². The van der Waals surface area contributed by atoms with Gasteiger partial charge in [0.1, 0.15) is 5.75 Å². The van der Waals surface area contributed by atoms with Crippen molar-refractivity contribution in [1.29, 1.82) is 0 Å². The molecule has 0 radical (unpaired) electrons. The number of likely N-dealkylation sites (N-methyl/N-ethyl adjacent to an activating group) is 2. The van der Waals surface area contributed by atoms with E-state index in [0.29, 0.717) is 23.2 Å². The Balaban J connectivity index is 2.05. The van der Waals surface area contributed by atoms with Gasteiger partial charge in [0.25, 0.3) is 5.91 Å². The fourth-order valence-corrected chi connectivity index (χ4v) is 2.97. The molecule has 1 aliphatic heterocycles. The molecular weight excluding hydrogens is 276 g/mol. The Labute approximate surface area is 124 Å². The van der Waals surface area contributed by atoms with E-state index in [-0.39, 0.29) is 11.7 Å². The SMILES string of the molecule is CCN1CCCC1CN(C)C(=O)c1ccc(Cl)cc1O. The highest BCUT2D eigenvalue weighted by Crippen LogP contribution is 2.24. The summed E-state index contributed by atoms with van der Waals surface area (Å²) in [6.07, 6.45) is 2.31. The van der Waals surface area contributed by atoms with Gasteiger partial charge >= 0.3 is 0 Å². The van der Waals surface area contributed by atoms with Crippen LogP contribution in [0.5, 0.6) is 5.75 Å². The summed E-state index contributed by atoms with van der Waals surface area (Å²) >= 11 is 5.79. The summed E-state index contributed by atoms with van der Waals surface area (Å²) in [6.45, 7) is 4.95. The lowest BCUT2D eigenvalue weighted by molar-refractivity contribution is 0.0751. The van der Waals surface area contributed by atoms with Gasteiger partial charge in [0, 0.05) is 24.7 Å². The van der Waals surface area contributed by atoms with E-state index in [4.69, 9.17) is 11.6 Å². The zero-order valence-corrected chi connectivity index (χ0v) is 12.7. The Kier molecular flexibility index (Phi) is 4.89. The number of carbonyl (C=O) groups excluding carboxylic acids is 1. The zero-order chi connectivity index (χ0) is 14.7. The highest BCUT2D eigenvalue weighted by Gasteiger charge is 2.26. The average molecular weight is 297 g/mol. The number of benzene rings is 1. The summed E-state index contributed by atoms with van der Waals surface area (Å²) in [6, 6.07) is 5.01. The van der Waals surface area contributed by atoms with Crippen LogP contribution >= 0.6 is 11.6 Å². The predicted molar refractivity (Wildman–Crippen MR) is 80.3 cm³/mol. The molecule has 1 aliphatic rings. The lowest BCUT2D eigenvalue weighted by Gasteiger charge is -2.28. The van der Waals surface area contributed by atoms with Gasteiger partial charge in [-0.25, -0.2) is 0 Å². The number of phenols is 1. The first-order chi connectivity index (χ1) is 9.52. The molecule has 0 bridgehead atoms. The molecule has 1 atom stereocenters. The molecule has 1 aromatic carbocycles. The van der Waals surface area contributed by atoms with Crippen LogP contribution in [0.25, 0.3) is 0 Å². The minimum absolute atomic E-state index is 0.0619. The van der Waals surface area contributed by atoms with E-state index >= 15 is 0 Å². The summed E-state index contributed by atoms with van der Waals surface area (Å²) in [5.74, 6) is -0.227. The Morgan fingerprint density at radius 1 is 1.55 bits per heavy atom. The number of halogens is 1. The zero-order valence-electron chi connectivity index (χ0n) is 12.0. The van der Waals surface area contributed by atoms with Gasteiger partial charge in [-0.15, -0.1) is 0 Å². The molecular formula is C15H21ClN2O2. The van der Waals surface area contributed by atoms with Crippen LogP contribution in [0.4, 0.5) is 0 Å². The van der Waals surface area contributed by atoms with E-state index in [0.717, 1.165) is 19.5 Å². The summed E-state index contributed by atoms with van der Waals surface area (Å²) in [7, 11) is 1.78. The Hall–Kier alpha value is -1.26. The van der Waals surface area contributed by atoms with Crippen molar-refractivity contribution < 1.29 is 9.90 Å². The number of likely N-dealkylation sites (tertiary alicyclic amines) is 1. The molecule has 1 aromatic rings. The van der Waals surface area contributed by atoms with Gasteiger partial charge in [0.2, 0.25) is 0 Å². The van der Waals surface area contributed by atoms with Gasteiger partial charge in [-0.2, -0.15) is 0 Å². The van der Waals surface area contributed by atoms with Gasteiger partial charge in [-0.3, -0.25) is 9.69 Å². The van der Waals surface area contributed by atoms with Gasteiger partial charge in [0.05, 0.1) is 5.56 Å². The molecule has 0 aromatic heterocycles. The predicted octanol–water partition coefficient (Wildman–Crippen LogP) is 2.60. The fourth-order valence-electron chi connectivity index (χ4n) is 2.81. The van der Waals surface area contributed by atoms with Crippen LogP contribution < -0.4 is 0 Å². The van der Waals surface area contributed by atoms with E-state index in [1.807, 2.05) is 0 Å². The van der Waals surface area contributed by atoms with Crippen molar-refractivity contribution in [3.63, 3.8) is 0 Å². The van der Waals surface area contributed by atoms with Gasteiger partial charge in [-0.1, -0.05) is 18.5 Å². The molecule has 1 unspecified atom stereocenters. The van der Waals surface area contributed by atoms with E-state index in [2.05, 4.69) is 11.8 Å². The second-order valence-corrected chi connectivity index (χ2v) is 5.71. The van der Waals surface area contributed by atoms with Crippen molar-refractivity contribution in [2.45, 2.75) is 25.8 Å². The molecule has 1 N–H and O–H groups in total. The lowest BCUT2D eigenvalue weighted by atomic mass is 10.1. The van der Waals surface area contributed by atoms with Crippen LogP contribution in [0.2, 0.25) is 5.02 Å². The van der Waals surface area contributed by atoms with Crippen molar-refractivity contribution in [2.75, 3.05) is 26.7 Å². The monoisotopic (exact) mass is 296 g/mol. The second-order valence-electron chi connectivity index (χ2n) is 5.27. The molecule has 0 saturated carbocycles. The Morgan fingerprint density at radius 3 is 2.95 bits per heavy atom. The van der Waals surface area contributed by atoms with Gasteiger partial charge in [0.15, 0.2) is 0 Å². The molecule has 0 spiro atoms. The third kappa shape index (κ3) is 3.25. The van der Waals surface area contributed by atoms with Crippen molar-refractivity contribution >= 4 is 17.5 Å². The summed E-state index contributed by atoms with van der Waals surface area (Å²) in [4.78, 5) is 16.4. The van der Waals surface area contributed by atoms with Gasteiger partial charge < -0.3 is 10.0 Å². The van der Waals surface area contributed by atoms with E-state index < -0.39 is 0 Å². The number of carbonyl (C=O) groups is 1. The van der Waals surface area contributed by atoms with Crippen LogP contribution in [0.3, 0.4) is 0 Å². The third-order valence-corrected chi connectivity index (χ3v) is 4.16. The molecule has 2 rings (SSSR count). The number of hydrogen-bond acceptors (Lipinski definition) is 3.